The summed E-state index contributed by atoms with van der Waals surface area (Å²) in [5, 5.41) is 3.44. The maximum atomic E-state index is 5.73. The molecular formula is C14H27N3O. The molecule has 0 radical (unpaired) electrons. The summed E-state index contributed by atoms with van der Waals surface area (Å²) < 4.78 is 7.90. The lowest BCUT2D eigenvalue weighted by Crippen LogP contribution is -2.31. The summed E-state index contributed by atoms with van der Waals surface area (Å²) in [6, 6.07) is 0. The van der Waals surface area contributed by atoms with Crippen molar-refractivity contribution in [3.63, 3.8) is 0 Å². The van der Waals surface area contributed by atoms with Crippen LogP contribution in [0.25, 0.3) is 0 Å². The largest absolute Gasteiger partial charge is 0.374 e. The van der Waals surface area contributed by atoms with E-state index in [-0.39, 0.29) is 5.60 Å². The molecule has 18 heavy (non-hydrogen) atoms. The van der Waals surface area contributed by atoms with Crippen molar-refractivity contribution in [2.75, 3.05) is 13.2 Å². The number of imidazole rings is 1. The van der Waals surface area contributed by atoms with Crippen molar-refractivity contribution in [1.29, 1.82) is 0 Å². The second kappa shape index (κ2) is 6.90. The molecule has 4 heteroatoms. The first-order valence-corrected chi connectivity index (χ1v) is 6.78. The van der Waals surface area contributed by atoms with Gasteiger partial charge < -0.3 is 14.6 Å². The third-order valence-electron chi connectivity index (χ3n) is 2.74. The molecule has 4 nitrogen and oxygen atoms in total. The lowest BCUT2D eigenvalue weighted by Gasteiger charge is -2.26. The average molecular weight is 253 g/mol. The van der Waals surface area contributed by atoms with Crippen LogP contribution in [0.2, 0.25) is 0 Å². The minimum absolute atomic E-state index is 0.151. The van der Waals surface area contributed by atoms with Gasteiger partial charge in [-0.2, -0.15) is 0 Å². The van der Waals surface area contributed by atoms with Crippen LogP contribution in [0.15, 0.2) is 12.5 Å². The van der Waals surface area contributed by atoms with Crippen molar-refractivity contribution >= 4 is 0 Å². The van der Waals surface area contributed by atoms with Crippen LogP contribution in [0.1, 0.15) is 40.3 Å². The monoisotopic (exact) mass is 253 g/mol. The highest BCUT2D eigenvalue weighted by molar-refractivity contribution is 4.99. The van der Waals surface area contributed by atoms with Gasteiger partial charge in [0.15, 0.2) is 0 Å². The molecular weight excluding hydrogens is 226 g/mol. The number of nitrogens with zero attached hydrogens (tertiary/aromatic N) is 2. The Labute approximate surface area is 111 Å². The van der Waals surface area contributed by atoms with Crippen molar-refractivity contribution in [1.82, 2.24) is 14.9 Å². The van der Waals surface area contributed by atoms with Gasteiger partial charge in [-0.25, -0.2) is 4.98 Å². The molecule has 0 saturated carbocycles. The Morgan fingerprint density at radius 1 is 1.44 bits per heavy atom. The zero-order valence-electron chi connectivity index (χ0n) is 12.4. The Kier molecular flexibility index (Phi) is 5.82. The van der Waals surface area contributed by atoms with E-state index in [1.165, 1.54) is 5.69 Å². The van der Waals surface area contributed by atoms with Gasteiger partial charge >= 0.3 is 0 Å². The first-order chi connectivity index (χ1) is 8.44. The summed E-state index contributed by atoms with van der Waals surface area (Å²) in [5.74, 6) is 0.668. The van der Waals surface area contributed by atoms with E-state index >= 15 is 0 Å². The molecule has 0 bridgehead atoms. The normalized spacial score (nSPS) is 12.3. The predicted octanol–water partition coefficient (Wildman–Crippen LogP) is 2.44. The fourth-order valence-corrected chi connectivity index (χ4v) is 1.97. The molecule has 1 aromatic rings. The summed E-state index contributed by atoms with van der Waals surface area (Å²) in [4.78, 5) is 4.23. The lowest BCUT2D eigenvalue weighted by molar-refractivity contribution is -0.0229. The quantitative estimate of drug-likeness (QED) is 0.773. The van der Waals surface area contributed by atoms with Gasteiger partial charge in [0, 0.05) is 19.3 Å². The topological polar surface area (TPSA) is 39.1 Å². The summed E-state index contributed by atoms with van der Waals surface area (Å²) in [5.41, 5.74) is 1.06. The number of hydrogen-bond acceptors (Lipinski definition) is 3. The average Bonchev–Trinajstić information content (AvgIpc) is 2.64. The fraction of sp³-hybridized carbons (Fsp3) is 0.786. The van der Waals surface area contributed by atoms with E-state index in [2.05, 4.69) is 42.6 Å². The van der Waals surface area contributed by atoms with E-state index in [0.717, 1.165) is 26.2 Å². The maximum Gasteiger partial charge on any atom is 0.0949 e. The molecule has 1 heterocycles. The van der Waals surface area contributed by atoms with E-state index in [4.69, 9.17) is 4.74 Å². The van der Waals surface area contributed by atoms with Crippen LogP contribution in [-0.2, 0) is 17.8 Å². The Morgan fingerprint density at radius 2 is 2.17 bits per heavy atom. The van der Waals surface area contributed by atoms with E-state index in [1.54, 1.807) is 0 Å². The van der Waals surface area contributed by atoms with E-state index in [0.29, 0.717) is 5.92 Å². The summed E-state index contributed by atoms with van der Waals surface area (Å²) in [6.45, 7) is 14.1. The number of rotatable bonds is 8. The Balaban J connectivity index is 2.54. The number of aromatic nitrogens is 2. The van der Waals surface area contributed by atoms with Gasteiger partial charge in [0.25, 0.3) is 0 Å². The van der Waals surface area contributed by atoms with Crippen LogP contribution in [0.4, 0.5) is 0 Å². The van der Waals surface area contributed by atoms with Crippen molar-refractivity contribution in [3.05, 3.63) is 18.2 Å². The highest BCUT2D eigenvalue weighted by Crippen LogP contribution is 2.14. The third kappa shape index (κ3) is 5.19. The van der Waals surface area contributed by atoms with Crippen LogP contribution in [-0.4, -0.2) is 28.3 Å². The summed E-state index contributed by atoms with van der Waals surface area (Å²) >= 11 is 0. The Hall–Kier alpha value is -0.870. The third-order valence-corrected chi connectivity index (χ3v) is 2.74. The van der Waals surface area contributed by atoms with Crippen LogP contribution < -0.4 is 5.32 Å². The molecule has 1 aromatic heterocycles. The molecule has 0 amide bonds. The maximum absolute atomic E-state index is 5.73. The van der Waals surface area contributed by atoms with Crippen LogP contribution in [0.5, 0.6) is 0 Å². The zero-order chi connectivity index (χ0) is 13.6. The van der Waals surface area contributed by atoms with Crippen LogP contribution >= 0.6 is 0 Å². The molecule has 104 valence electrons. The number of hydrogen-bond donors (Lipinski definition) is 1. The first-order valence-electron chi connectivity index (χ1n) is 6.78. The van der Waals surface area contributed by atoms with Gasteiger partial charge in [-0.1, -0.05) is 13.8 Å². The standard InChI is InChI=1S/C14H27N3O/c1-6-18-14(4,5)10-17-11-16-9-13(17)8-15-7-12(2)3/h9,11-12,15H,6-8,10H2,1-5H3. The van der Waals surface area contributed by atoms with Crippen molar-refractivity contribution in [2.45, 2.75) is 53.3 Å². The predicted molar refractivity (Wildman–Crippen MR) is 74.5 cm³/mol. The number of nitrogens with one attached hydrogen (secondary N) is 1. The Bertz CT molecular complexity index is 345. The van der Waals surface area contributed by atoms with Crippen molar-refractivity contribution in [3.8, 4) is 0 Å². The zero-order valence-corrected chi connectivity index (χ0v) is 12.4. The van der Waals surface area contributed by atoms with Gasteiger partial charge in [0.2, 0.25) is 0 Å². The van der Waals surface area contributed by atoms with Crippen molar-refractivity contribution < 1.29 is 4.74 Å². The van der Waals surface area contributed by atoms with Crippen LogP contribution in [0, 0.1) is 5.92 Å². The van der Waals surface area contributed by atoms with Crippen LogP contribution in [0.3, 0.4) is 0 Å². The molecule has 0 atom stereocenters. The molecule has 0 unspecified atom stereocenters. The van der Waals surface area contributed by atoms with E-state index in [9.17, 15) is 0 Å². The van der Waals surface area contributed by atoms with Gasteiger partial charge in [0.05, 0.1) is 24.2 Å². The van der Waals surface area contributed by atoms with Gasteiger partial charge in [-0.15, -0.1) is 0 Å². The van der Waals surface area contributed by atoms with Crippen molar-refractivity contribution in [2.24, 2.45) is 5.92 Å². The second-order valence-electron chi connectivity index (χ2n) is 5.73. The lowest BCUT2D eigenvalue weighted by atomic mass is 10.1. The molecule has 0 aliphatic carbocycles. The summed E-state index contributed by atoms with van der Waals surface area (Å²) in [7, 11) is 0. The molecule has 0 aliphatic rings. The van der Waals surface area contributed by atoms with Gasteiger partial charge in [0.1, 0.15) is 0 Å². The minimum Gasteiger partial charge on any atom is -0.374 e. The van der Waals surface area contributed by atoms with E-state index in [1.807, 2.05) is 19.4 Å². The molecule has 0 aromatic carbocycles. The smallest absolute Gasteiger partial charge is 0.0949 e. The fourth-order valence-electron chi connectivity index (χ4n) is 1.97. The highest BCUT2D eigenvalue weighted by Gasteiger charge is 2.19. The molecule has 0 aliphatic heterocycles. The molecule has 1 rings (SSSR count). The SMILES string of the molecule is CCOC(C)(C)Cn1cncc1CNCC(C)C. The van der Waals surface area contributed by atoms with E-state index < -0.39 is 0 Å². The molecule has 0 fully saturated rings. The molecule has 0 spiro atoms. The molecule has 0 saturated heterocycles. The number of ether oxygens (including phenoxy) is 1. The summed E-state index contributed by atoms with van der Waals surface area (Å²) in [6.07, 6.45) is 3.81. The van der Waals surface area contributed by atoms with Gasteiger partial charge in [-0.05, 0) is 33.2 Å². The Morgan fingerprint density at radius 3 is 2.78 bits per heavy atom. The second-order valence-corrected chi connectivity index (χ2v) is 5.73. The van der Waals surface area contributed by atoms with Gasteiger partial charge in [-0.3, -0.25) is 0 Å². The highest BCUT2D eigenvalue weighted by atomic mass is 16.5. The minimum atomic E-state index is -0.151. The molecule has 1 N–H and O–H groups in total. The first kappa shape index (κ1) is 15.2.